The van der Waals surface area contributed by atoms with Gasteiger partial charge in [-0.2, -0.15) is 13.2 Å². The van der Waals surface area contributed by atoms with Gasteiger partial charge in [0, 0.05) is 11.8 Å². The van der Waals surface area contributed by atoms with E-state index in [1.807, 2.05) is 0 Å². The van der Waals surface area contributed by atoms with Gasteiger partial charge in [0.2, 0.25) is 0 Å². The number of hydrogen-bond acceptors (Lipinski definition) is 3. The summed E-state index contributed by atoms with van der Waals surface area (Å²) in [6, 6.07) is -1.81. The molecule has 0 fully saturated rings. The summed E-state index contributed by atoms with van der Waals surface area (Å²) in [5.74, 6) is 0. The number of aromatic nitrogens is 1. The maximum atomic E-state index is 12.0. The Hall–Kier alpha value is -0.620. The lowest BCUT2D eigenvalue weighted by atomic mass is 10.2. The molecule has 1 unspecified atom stereocenters. The van der Waals surface area contributed by atoms with Crippen LogP contribution in [0.25, 0.3) is 0 Å². The van der Waals surface area contributed by atoms with Crippen LogP contribution in [0.5, 0.6) is 0 Å². The normalized spacial score (nSPS) is 14.5. The van der Waals surface area contributed by atoms with Crippen molar-refractivity contribution < 1.29 is 13.2 Å². The highest BCUT2D eigenvalue weighted by molar-refractivity contribution is 7.09. The standard InChI is InChI=1S/C7H9F3N2S/c1-4-12-5(3-13-4)2-6(11)7(8,9)10/h3,6H,2,11H2,1H3. The minimum atomic E-state index is -4.34. The fourth-order valence-electron chi connectivity index (χ4n) is 0.843. The van der Waals surface area contributed by atoms with Gasteiger partial charge in [-0.3, -0.25) is 0 Å². The smallest absolute Gasteiger partial charge is 0.320 e. The molecule has 0 spiro atoms. The van der Waals surface area contributed by atoms with Crippen molar-refractivity contribution in [3.63, 3.8) is 0 Å². The highest BCUT2D eigenvalue weighted by atomic mass is 32.1. The molecule has 6 heteroatoms. The van der Waals surface area contributed by atoms with Crippen LogP contribution in [0.4, 0.5) is 13.2 Å². The summed E-state index contributed by atoms with van der Waals surface area (Å²) in [6.45, 7) is 1.74. The molecule has 1 aromatic heterocycles. The zero-order valence-electron chi connectivity index (χ0n) is 6.93. The molecule has 0 saturated carbocycles. The predicted octanol–water partition coefficient (Wildman–Crippen LogP) is 1.88. The number of thiazole rings is 1. The summed E-state index contributed by atoms with van der Waals surface area (Å²) in [5.41, 5.74) is 5.34. The van der Waals surface area contributed by atoms with Crippen molar-refractivity contribution in [2.75, 3.05) is 0 Å². The summed E-state index contributed by atoms with van der Waals surface area (Å²) in [5, 5.41) is 2.35. The molecule has 0 aliphatic heterocycles. The van der Waals surface area contributed by atoms with E-state index in [2.05, 4.69) is 4.98 Å². The molecule has 0 aromatic carbocycles. The van der Waals surface area contributed by atoms with E-state index in [4.69, 9.17) is 5.73 Å². The lowest BCUT2D eigenvalue weighted by Crippen LogP contribution is -2.39. The molecule has 13 heavy (non-hydrogen) atoms. The Balaban J connectivity index is 2.60. The van der Waals surface area contributed by atoms with E-state index in [1.54, 1.807) is 12.3 Å². The van der Waals surface area contributed by atoms with Crippen LogP contribution in [0.2, 0.25) is 0 Å². The minimum absolute atomic E-state index is 0.242. The number of halogens is 3. The van der Waals surface area contributed by atoms with Crippen LogP contribution in [0, 0.1) is 6.92 Å². The molecule has 0 aliphatic rings. The van der Waals surface area contributed by atoms with Gasteiger partial charge in [0.25, 0.3) is 0 Å². The summed E-state index contributed by atoms with van der Waals surface area (Å²) >= 11 is 1.32. The molecule has 2 N–H and O–H groups in total. The van der Waals surface area contributed by atoms with Crippen molar-refractivity contribution in [2.45, 2.75) is 25.6 Å². The Morgan fingerprint density at radius 3 is 2.62 bits per heavy atom. The Morgan fingerprint density at radius 1 is 1.62 bits per heavy atom. The third-order valence-electron chi connectivity index (χ3n) is 1.52. The van der Waals surface area contributed by atoms with Crippen LogP contribution in [0.15, 0.2) is 5.38 Å². The molecule has 1 rings (SSSR count). The highest BCUT2D eigenvalue weighted by Gasteiger charge is 2.36. The SMILES string of the molecule is Cc1nc(CC(N)C(F)(F)F)cs1. The first-order chi connectivity index (χ1) is 5.89. The highest BCUT2D eigenvalue weighted by Crippen LogP contribution is 2.21. The molecular weight excluding hydrogens is 201 g/mol. The van der Waals surface area contributed by atoms with Gasteiger partial charge in [-0.1, -0.05) is 0 Å². The quantitative estimate of drug-likeness (QED) is 0.809. The molecule has 0 radical (unpaired) electrons. The van der Waals surface area contributed by atoms with E-state index in [-0.39, 0.29) is 6.42 Å². The number of aryl methyl sites for hydroxylation is 1. The maximum absolute atomic E-state index is 12.0. The fourth-order valence-corrected chi connectivity index (χ4v) is 1.47. The van der Waals surface area contributed by atoms with Gasteiger partial charge in [-0.15, -0.1) is 11.3 Å². The average Bonchev–Trinajstić information content (AvgIpc) is 2.33. The van der Waals surface area contributed by atoms with Gasteiger partial charge < -0.3 is 5.73 Å². The van der Waals surface area contributed by atoms with E-state index < -0.39 is 12.2 Å². The number of nitrogens with two attached hydrogens (primary N) is 1. The van der Waals surface area contributed by atoms with Gasteiger partial charge in [-0.25, -0.2) is 4.98 Å². The summed E-state index contributed by atoms with van der Waals surface area (Å²) in [7, 11) is 0. The predicted molar refractivity (Wildman–Crippen MR) is 44.6 cm³/mol. The first kappa shape index (κ1) is 10.5. The van der Waals surface area contributed by atoms with Gasteiger partial charge >= 0.3 is 6.18 Å². The molecule has 74 valence electrons. The molecule has 1 heterocycles. The van der Waals surface area contributed by atoms with Crippen molar-refractivity contribution in [1.82, 2.24) is 4.98 Å². The van der Waals surface area contributed by atoms with Gasteiger partial charge in [0.05, 0.1) is 10.7 Å². The molecule has 0 bridgehead atoms. The number of hydrogen-bond donors (Lipinski definition) is 1. The molecule has 0 aliphatic carbocycles. The molecule has 2 nitrogen and oxygen atoms in total. The van der Waals surface area contributed by atoms with E-state index in [1.165, 1.54) is 11.3 Å². The molecule has 0 saturated heterocycles. The van der Waals surface area contributed by atoms with Crippen molar-refractivity contribution in [3.05, 3.63) is 16.1 Å². The summed E-state index contributed by atoms with van der Waals surface area (Å²) in [4.78, 5) is 3.90. The molecule has 1 atom stereocenters. The minimum Gasteiger partial charge on any atom is -0.320 e. The van der Waals surface area contributed by atoms with Crippen LogP contribution in [0.3, 0.4) is 0 Å². The van der Waals surface area contributed by atoms with E-state index in [9.17, 15) is 13.2 Å². The van der Waals surface area contributed by atoms with Crippen LogP contribution in [-0.4, -0.2) is 17.2 Å². The third kappa shape index (κ3) is 2.96. The van der Waals surface area contributed by atoms with Crippen molar-refractivity contribution in [2.24, 2.45) is 5.73 Å². The number of alkyl halides is 3. The number of rotatable bonds is 2. The van der Waals surface area contributed by atoms with E-state index in [0.717, 1.165) is 5.01 Å². The van der Waals surface area contributed by atoms with Gasteiger partial charge in [0.15, 0.2) is 0 Å². The van der Waals surface area contributed by atoms with Crippen molar-refractivity contribution in [3.8, 4) is 0 Å². The maximum Gasteiger partial charge on any atom is 0.404 e. The van der Waals surface area contributed by atoms with Crippen LogP contribution >= 0.6 is 11.3 Å². The van der Waals surface area contributed by atoms with Gasteiger partial charge in [-0.05, 0) is 6.92 Å². The second kappa shape index (κ2) is 3.63. The summed E-state index contributed by atoms with van der Waals surface area (Å²) in [6.07, 6.45) is -4.58. The first-order valence-corrected chi connectivity index (χ1v) is 4.51. The second-order valence-electron chi connectivity index (χ2n) is 2.71. The average molecular weight is 210 g/mol. The zero-order chi connectivity index (χ0) is 10.1. The lowest BCUT2D eigenvalue weighted by molar-refractivity contribution is -0.147. The van der Waals surface area contributed by atoms with Crippen molar-refractivity contribution >= 4 is 11.3 Å². The summed E-state index contributed by atoms with van der Waals surface area (Å²) < 4.78 is 36.0. The first-order valence-electron chi connectivity index (χ1n) is 3.63. The lowest BCUT2D eigenvalue weighted by Gasteiger charge is -2.13. The van der Waals surface area contributed by atoms with Crippen molar-refractivity contribution in [1.29, 1.82) is 0 Å². The van der Waals surface area contributed by atoms with Crippen LogP contribution in [0.1, 0.15) is 10.7 Å². The van der Waals surface area contributed by atoms with Crippen LogP contribution in [-0.2, 0) is 6.42 Å². The van der Waals surface area contributed by atoms with E-state index >= 15 is 0 Å². The zero-order valence-corrected chi connectivity index (χ0v) is 7.75. The largest absolute Gasteiger partial charge is 0.404 e. The number of nitrogens with zero attached hydrogens (tertiary/aromatic N) is 1. The van der Waals surface area contributed by atoms with E-state index in [0.29, 0.717) is 5.69 Å². The Morgan fingerprint density at radius 2 is 2.23 bits per heavy atom. The molecular formula is C7H9F3N2S. The Labute approximate surface area is 77.6 Å². The Bertz CT molecular complexity index is 282. The third-order valence-corrected chi connectivity index (χ3v) is 2.34. The topological polar surface area (TPSA) is 38.9 Å². The molecule has 1 aromatic rings. The Kier molecular flexibility index (Phi) is 2.92. The van der Waals surface area contributed by atoms with Gasteiger partial charge in [0.1, 0.15) is 6.04 Å². The monoisotopic (exact) mass is 210 g/mol. The molecule has 0 amide bonds. The van der Waals surface area contributed by atoms with Crippen LogP contribution < -0.4 is 5.73 Å². The second-order valence-corrected chi connectivity index (χ2v) is 3.77. The fraction of sp³-hybridized carbons (Fsp3) is 0.571.